The van der Waals surface area contributed by atoms with Crippen LogP contribution in [0.2, 0.25) is 0 Å². The third-order valence-corrected chi connectivity index (χ3v) is 14.0. The van der Waals surface area contributed by atoms with E-state index >= 15 is 0 Å². The lowest BCUT2D eigenvalue weighted by Crippen LogP contribution is -2.31. The molecule has 0 bridgehead atoms. The number of ether oxygens (including phenoxy) is 5. The van der Waals surface area contributed by atoms with Crippen molar-refractivity contribution < 1.29 is 62.7 Å². The number of carbonyl (C=O) groups excluding carboxylic acids is 5. The van der Waals surface area contributed by atoms with E-state index in [2.05, 4.69) is 0 Å². The van der Waals surface area contributed by atoms with Gasteiger partial charge in [-0.1, -0.05) is 149 Å². The topological polar surface area (TPSA) is 189 Å². The molecule has 0 heterocycles. The first-order valence-electron chi connectivity index (χ1n) is 26.7. The highest BCUT2D eigenvalue weighted by molar-refractivity contribution is 5.71. The van der Waals surface area contributed by atoms with Gasteiger partial charge in [0, 0.05) is 32.1 Å². The number of aliphatic hydroxyl groups is 1. The minimum atomic E-state index is -0.901. The molecule has 0 aromatic rings. The second-order valence-electron chi connectivity index (χ2n) is 19.4. The fourth-order valence-corrected chi connectivity index (χ4v) is 10.2. The molecule has 4 saturated carbocycles. The number of carboxylic acid groups (broad SMARTS) is 1. The summed E-state index contributed by atoms with van der Waals surface area (Å²) in [6, 6.07) is 0. The van der Waals surface area contributed by atoms with Crippen LogP contribution < -0.4 is 0 Å². The Kier molecular flexibility index (Phi) is 34.6. The van der Waals surface area contributed by atoms with E-state index in [1.165, 1.54) is 103 Å². The van der Waals surface area contributed by atoms with Crippen LogP contribution in [-0.4, -0.2) is 84.7 Å². The minimum Gasteiger partial charge on any atom is -0.483 e. The predicted octanol–water partition coefficient (Wildman–Crippen LogP) is 11.7. The van der Waals surface area contributed by atoms with Crippen molar-refractivity contribution in [1.82, 2.24) is 0 Å². The number of hydrogen-bond donors (Lipinski definition) is 2. The number of carbonyl (C=O) groups is 6. The fraction of sp³-hybridized carbons (Fsp3) is 0.887. The molecule has 4 rings (SSSR count). The highest BCUT2D eigenvalue weighted by atomic mass is 16.6. The number of hydrogen-bond acceptors (Lipinski definition) is 12. The van der Waals surface area contributed by atoms with Gasteiger partial charge in [0.25, 0.3) is 6.47 Å². The highest BCUT2D eigenvalue weighted by Gasteiger charge is 2.24. The van der Waals surface area contributed by atoms with Crippen LogP contribution in [0, 0.1) is 23.7 Å². The molecular formula is C53H92O13. The largest absolute Gasteiger partial charge is 0.483 e. The summed E-state index contributed by atoms with van der Waals surface area (Å²) in [7, 11) is 0. The predicted molar refractivity (Wildman–Crippen MR) is 254 cm³/mol. The van der Waals surface area contributed by atoms with Crippen molar-refractivity contribution in [2.75, 3.05) is 19.8 Å². The normalized spacial score (nSPS) is 18.3. The zero-order valence-corrected chi connectivity index (χ0v) is 41.4. The molecule has 2 atom stereocenters. The van der Waals surface area contributed by atoms with Gasteiger partial charge in [-0.3, -0.25) is 28.8 Å². The van der Waals surface area contributed by atoms with Gasteiger partial charge in [-0.15, -0.1) is 0 Å². The molecule has 4 aliphatic rings. The van der Waals surface area contributed by atoms with Crippen LogP contribution in [0.25, 0.3) is 0 Å². The van der Waals surface area contributed by atoms with Gasteiger partial charge in [0.05, 0.1) is 6.10 Å². The minimum absolute atomic E-state index is 0.0444. The van der Waals surface area contributed by atoms with Crippen LogP contribution in [0.5, 0.6) is 0 Å². The summed E-state index contributed by atoms with van der Waals surface area (Å²) in [4.78, 5) is 72.0. The van der Waals surface area contributed by atoms with Crippen LogP contribution in [0.15, 0.2) is 0 Å². The lowest BCUT2D eigenvalue weighted by atomic mass is 9.85. The lowest BCUT2D eigenvalue weighted by molar-refractivity contribution is -0.167. The zero-order valence-electron chi connectivity index (χ0n) is 41.4. The Balaban J connectivity index is 0.00000287. The van der Waals surface area contributed by atoms with Crippen molar-refractivity contribution in [3.8, 4) is 0 Å². The molecule has 13 nitrogen and oxygen atoms in total. The molecule has 66 heavy (non-hydrogen) atoms. The van der Waals surface area contributed by atoms with Crippen molar-refractivity contribution in [3.05, 3.63) is 0 Å². The second kappa shape index (κ2) is 38.7. The van der Waals surface area contributed by atoms with Crippen molar-refractivity contribution in [2.45, 2.75) is 257 Å². The van der Waals surface area contributed by atoms with E-state index in [1.54, 1.807) is 0 Å². The maximum absolute atomic E-state index is 12.9. The van der Waals surface area contributed by atoms with Gasteiger partial charge in [0.1, 0.15) is 25.9 Å². The molecule has 4 fully saturated rings. The molecule has 2 N–H and O–H groups in total. The van der Waals surface area contributed by atoms with Crippen molar-refractivity contribution in [1.29, 1.82) is 0 Å². The molecule has 0 aromatic carbocycles. The van der Waals surface area contributed by atoms with Crippen LogP contribution >= 0.6 is 0 Å². The van der Waals surface area contributed by atoms with Crippen LogP contribution in [0.3, 0.4) is 0 Å². The highest BCUT2D eigenvalue weighted by Crippen LogP contribution is 2.31. The van der Waals surface area contributed by atoms with Crippen LogP contribution in [0.1, 0.15) is 239 Å². The van der Waals surface area contributed by atoms with Crippen LogP contribution in [-0.2, 0) is 52.5 Å². The third-order valence-electron chi connectivity index (χ3n) is 14.0. The molecule has 0 amide bonds. The van der Waals surface area contributed by atoms with Gasteiger partial charge in [0.15, 0.2) is 6.10 Å². The summed E-state index contributed by atoms with van der Waals surface area (Å²) in [6.07, 6.45) is 30.3. The summed E-state index contributed by atoms with van der Waals surface area (Å²) in [6.45, 7) is 3.49. The number of aliphatic hydroxyl groups excluding tert-OH is 1. The monoisotopic (exact) mass is 937 g/mol. The molecule has 0 aromatic heterocycles. The van der Waals surface area contributed by atoms with E-state index in [0.29, 0.717) is 69.1 Å². The number of esters is 5. The summed E-state index contributed by atoms with van der Waals surface area (Å²) in [5.41, 5.74) is 0. The Morgan fingerprint density at radius 3 is 1.09 bits per heavy atom. The van der Waals surface area contributed by atoms with Crippen molar-refractivity contribution in [2.24, 2.45) is 23.7 Å². The van der Waals surface area contributed by atoms with Gasteiger partial charge in [-0.25, -0.2) is 0 Å². The standard InChI is InChI=1S/C50H84O11.C2H6.CH2O2/c51-43(25-14-28-49(55)60-44(27-13-24-39-16-5-1-6-17-39)36-57-46(52)33-30-40-18-7-2-8-19-40)26-15-29-50(56)61-45(37-58-47(53)34-31-41-20-9-3-10-21-41)38-59-48(54)35-32-42-22-11-4-12-23-42;1-2;2-1-3/h39-45,51H,1-38H2;1-2H3;1H,(H,2,3). The summed E-state index contributed by atoms with van der Waals surface area (Å²) in [5, 5.41) is 17.6. The number of rotatable bonds is 29. The molecule has 0 saturated heterocycles. The molecular weight excluding hydrogens is 845 g/mol. The molecule has 13 heteroatoms. The molecule has 0 aliphatic heterocycles. The molecule has 382 valence electrons. The lowest BCUT2D eigenvalue weighted by Gasteiger charge is -2.23. The van der Waals surface area contributed by atoms with Crippen molar-refractivity contribution in [3.63, 3.8) is 0 Å². The molecule has 0 spiro atoms. The molecule has 4 aliphatic carbocycles. The average molecular weight is 937 g/mol. The smallest absolute Gasteiger partial charge is 0.306 e. The summed E-state index contributed by atoms with van der Waals surface area (Å²) >= 11 is 0. The van der Waals surface area contributed by atoms with E-state index in [4.69, 9.17) is 33.6 Å². The van der Waals surface area contributed by atoms with E-state index in [9.17, 15) is 29.1 Å². The van der Waals surface area contributed by atoms with Gasteiger partial charge < -0.3 is 33.9 Å². The SMILES string of the molecule is CC.O=C(CCC1CCCCC1)OCC(CCCC1CCCCC1)OC(=O)CCCC(O)CCCC(=O)OC(COC(=O)CCC1CCCCC1)COC(=O)CCC1CCCCC1.O=CO. The summed E-state index contributed by atoms with van der Waals surface area (Å²) < 4.78 is 28.1. The first kappa shape index (κ1) is 58.9. The van der Waals surface area contributed by atoms with Gasteiger partial charge in [-0.05, 0) is 81.5 Å². The van der Waals surface area contributed by atoms with E-state index < -0.39 is 24.3 Å². The Labute approximate surface area is 398 Å². The zero-order chi connectivity index (χ0) is 48.0. The fourth-order valence-electron chi connectivity index (χ4n) is 10.2. The second-order valence-corrected chi connectivity index (χ2v) is 19.4. The summed E-state index contributed by atoms with van der Waals surface area (Å²) in [5.74, 6) is 0.667. The van der Waals surface area contributed by atoms with Gasteiger partial charge in [0.2, 0.25) is 0 Å². The Morgan fingerprint density at radius 1 is 0.439 bits per heavy atom. The van der Waals surface area contributed by atoms with E-state index in [1.807, 2.05) is 13.8 Å². The van der Waals surface area contributed by atoms with Gasteiger partial charge in [-0.2, -0.15) is 0 Å². The Bertz CT molecular complexity index is 1240. The van der Waals surface area contributed by atoms with E-state index in [0.717, 1.165) is 63.7 Å². The average Bonchev–Trinajstić information content (AvgIpc) is 3.34. The third kappa shape index (κ3) is 30.2. The Hall–Kier alpha value is -3.22. The van der Waals surface area contributed by atoms with E-state index in [-0.39, 0.29) is 63.0 Å². The van der Waals surface area contributed by atoms with Crippen molar-refractivity contribution >= 4 is 36.3 Å². The molecule has 0 radical (unpaired) electrons. The maximum atomic E-state index is 12.9. The molecule has 2 unspecified atom stereocenters. The maximum Gasteiger partial charge on any atom is 0.306 e. The first-order chi connectivity index (χ1) is 32.1. The quantitative estimate of drug-likeness (QED) is 0.0410. The first-order valence-corrected chi connectivity index (χ1v) is 26.7. The van der Waals surface area contributed by atoms with Gasteiger partial charge >= 0.3 is 29.8 Å². The van der Waals surface area contributed by atoms with Crippen LogP contribution in [0.4, 0.5) is 0 Å². The Morgan fingerprint density at radius 2 is 0.742 bits per heavy atom.